The molecule has 138 valence electrons. The van der Waals surface area contributed by atoms with Crippen molar-refractivity contribution >= 4 is 28.3 Å². The van der Waals surface area contributed by atoms with Gasteiger partial charge in [-0.3, -0.25) is 14.6 Å². The molecule has 0 aliphatic carbocycles. The van der Waals surface area contributed by atoms with E-state index in [1.165, 1.54) is 11.3 Å². The van der Waals surface area contributed by atoms with Crippen LogP contribution >= 0.6 is 11.3 Å². The largest absolute Gasteiger partial charge is 0.342 e. The van der Waals surface area contributed by atoms with E-state index in [0.29, 0.717) is 18.2 Å². The molecule has 1 atom stereocenters. The second-order valence-corrected chi connectivity index (χ2v) is 7.50. The summed E-state index contributed by atoms with van der Waals surface area (Å²) < 4.78 is 0. The first kappa shape index (κ1) is 18.5. The van der Waals surface area contributed by atoms with E-state index in [4.69, 9.17) is 0 Å². The molecule has 1 unspecified atom stereocenters. The normalized spacial score (nSPS) is 17.1. The quantitative estimate of drug-likeness (QED) is 0.802. The summed E-state index contributed by atoms with van der Waals surface area (Å²) in [4.78, 5) is 37.2. The number of rotatable bonds is 7. The summed E-state index contributed by atoms with van der Waals surface area (Å²) in [6, 6.07) is 5.62. The fourth-order valence-electron chi connectivity index (χ4n) is 2.91. The van der Waals surface area contributed by atoms with Crippen LogP contribution in [0.2, 0.25) is 0 Å². The molecule has 2 aromatic heterocycles. The van der Waals surface area contributed by atoms with Crippen molar-refractivity contribution in [3.05, 3.63) is 29.8 Å². The van der Waals surface area contributed by atoms with Crippen LogP contribution in [-0.4, -0.2) is 65.3 Å². The molecule has 0 radical (unpaired) electrons. The van der Waals surface area contributed by atoms with Crippen molar-refractivity contribution in [1.29, 1.82) is 0 Å². The lowest BCUT2D eigenvalue weighted by Crippen LogP contribution is -2.30. The molecule has 0 spiro atoms. The fraction of sp³-hybridized carbons (Fsp3) is 0.444. The van der Waals surface area contributed by atoms with Gasteiger partial charge in [0.05, 0.1) is 11.6 Å². The highest BCUT2D eigenvalue weighted by molar-refractivity contribution is 7.14. The molecule has 1 saturated heterocycles. The van der Waals surface area contributed by atoms with E-state index < -0.39 is 0 Å². The molecule has 7 nitrogen and oxygen atoms in total. The Morgan fingerprint density at radius 2 is 2.23 bits per heavy atom. The average molecular weight is 373 g/mol. The van der Waals surface area contributed by atoms with Crippen molar-refractivity contribution in [2.24, 2.45) is 5.92 Å². The van der Waals surface area contributed by atoms with E-state index in [9.17, 15) is 9.59 Å². The van der Waals surface area contributed by atoms with Gasteiger partial charge in [0.25, 0.3) is 0 Å². The predicted octanol–water partition coefficient (Wildman–Crippen LogP) is 1.94. The minimum atomic E-state index is -0.316. The van der Waals surface area contributed by atoms with Gasteiger partial charge in [0, 0.05) is 31.1 Å². The van der Waals surface area contributed by atoms with Gasteiger partial charge < -0.3 is 15.1 Å². The first-order valence-electron chi connectivity index (χ1n) is 8.63. The van der Waals surface area contributed by atoms with Gasteiger partial charge in [-0.2, -0.15) is 0 Å². The van der Waals surface area contributed by atoms with Gasteiger partial charge in [-0.15, -0.1) is 11.3 Å². The van der Waals surface area contributed by atoms with E-state index in [0.717, 1.165) is 24.4 Å². The summed E-state index contributed by atoms with van der Waals surface area (Å²) in [6.45, 7) is 2.11. The predicted molar refractivity (Wildman–Crippen MR) is 102 cm³/mol. The molecule has 3 heterocycles. The lowest BCUT2D eigenvalue weighted by Gasteiger charge is -2.17. The van der Waals surface area contributed by atoms with E-state index >= 15 is 0 Å². The van der Waals surface area contributed by atoms with E-state index in [1.807, 2.05) is 37.7 Å². The van der Waals surface area contributed by atoms with E-state index in [-0.39, 0.29) is 24.2 Å². The maximum atomic E-state index is 12.5. The molecule has 1 N–H and O–H groups in total. The molecule has 2 amide bonds. The molecule has 1 fully saturated rings. The molecular formula is C18H23N5O2S. The molecular weight excluding hydrogens is 350 g/mol. The minimum absolute atomic E-state index is 0.0530. The van der Waals surface area contributed by atoms with Crippen LogP contribution < -0.4 is 5.32 Å². The molecule has 0 bridgehead atoms. The zero-order valence-electron chi connectivity index (χ0n) is 15.0. The van der Waals surface area contributed by atoms with Gasteiger partial charge in [-0.05, 0) is 39.2 Å². The highest BCUT2D eigenvalue weighted by Gasteiger charge is 2.34. The second-order valence-electron chi connectivity index (χ2n) is 6.64. The topological polar surface area (TPSA) is 78.4 Å². The van der Waals surface area contributed by atoms with Crippen molar-refractivity contribution in [3.63, 3.8) is 0 Å². The Hall–Kier alpha value is -2.32. The second kappa shape index (κ2) is 8.37. The Balaban J connectivity index is 1.54. The summed E-state index contributed by atoms with van der Waals surface area (Å²) in [5.41, 5.74) is 1.51. The van der Waals surface area contributed by atoms with Gasteiger partial charge in [0.2, 0.25) is 11.8 Å². The first-order chi connectivity index (χ1) is 12.5. The molecule has 0 saturated carbocycles. The van der Waals surface area contributed by atoms with Crippen LogP contribution in [0.5, 0.6) is 0 Å². The number of nitrogens with one attached hydrogen (secondary N) is 1. The number of amides is 2. The molecule has 8 heteroatoms. The molecule has 26 heavy (non-hydrogen) atoms. The molecule has 1 aliphatic heterocycles. The van der Waals surface area contributed by atoms with Crippen molar-refractivity contribution in [2.45, 2.75) is 12.8 Å². The Kier molecular flexibility index (Phi) is 5.95. The number of hydrogen-bond donors (Lipinski definition) is 1. The summed E-state index contributed by atoms with van der Waals surface area (Å²) >= 11 is 1.36. The molecule has 1 aliphatic rings. The van der Waals surface area contributed by atoms with Crippen LogP contribution in [0.4, 0.5) is 5.13 Å². The summed E-state index contributed by atoms with van der Waals surface area (Å²) in [7, 11) is 4.02. The maximum Gasteiger partial charge on any atom is 0.231 e. The van der Waals surface area contributed by atoms with Gasteiger partial charge in [-0.1, -0.05) is 6.07 Å². The zero-order chi connectivity index (χ0) is 18.5. The van der Waals surface area contributed by atoms with Crippen molar-refractivity contribution in [1.82, 2.24) is 19.8 Å². The van der Waals surface area contributed by atoms with Gasteiger partial charge in [0.1, 0.15) is 5.69 Å². The van der Waals surface area contributed by atoms with E-state index in [2.05, 4.69) is 20.2 Å². The maximum absolute atomic E-state index is 12.5. The fourth-order valence-corrected chi connectivity index (χ4v) is 3.62. The van der Waals surface area contributed by atoms with Crippen LogP contribution in [0.3, 0.4) is 0 Å². The zero-order valence-corrected chi connectivity index (χ0v) is 15.8. The number of thiazole rings is 1. The van der Waals surface area contributed by atoms with Crippen LogP contribution in [0.25, 0.3) is 11.4 Å². The number of aromatic nitrogens is 2. The third-order valence-corrected chi connectivity index (χ3v) is 5.04. The minimum Gasteiger partial charge on any atom is -0.342 e. The number of carbonyl (C=O) groups excluding carboxylic acids is 2. The van der Waals surface area contributed by atoms with Crippen molar-refractivity contribution < 1.29 is 9.59 Å². The van der Waals surface area contributed by atoms with Crippen LogP contribution in [0.1, 0.15) is 12.8 Å². The number of carbonyl (C=O) groups is 2. The Labute approximate surface area is 157 Å². The number of hydrogen-bond acceptors (Lipinski definition) is 6. The van der Waals surface area contributed by atoms with Gasteiger partial charge in [-0.25, -0.2) is 4.98 Å². The summed E-state index contributed by atoms with van der Waals surface area (Å²) in [5.74, 6) is -0.406. The molecule has 3 rings (SSSR count). The average Bonchev–Trinajstić information content (AvgIpc) is 3.23. The number of likely N-dealkylation sites (tertiary alicyclic amines) is 1. The van der Waals surface area contributed by atoms with E-state index in [1.54, 1.807) is 11.1 Å². The third kappa shape index (κ3) is 4.64. The summed E-state index contributed by atoms with van der Waals surface area (Å²) in [6.07, 6.45) is 2.89. The van der Waals surface area contributed by atoms with Crippen LogP contribution in [0, 0.1) is 5.92 Å². The van der Waals surface area contributed by atoms with Crippen LogP contribution in [-0.2, 0) is 9.59 Å². The van der Waals surface area contributed by atoms with Crippen molar-refractivity contribution in [3.8, 4) is 11.4 Å². The van der Waals surface area contributed by atoms with Crippen LogP contribution in [0.15, 0.2) is 29.8 Å². The highest BCUT2D eigenvalue weighted by atomic mass is 32.1. The Morgan fingerprint density at radius 3 is 2.96 bits per heavy atom. The number of pyridine rings is 1. The third-order valence-electron chi connectivity index (χ3n) is 4.28. The summed E-state index contributed by atoms with van der Waals surface area (Å²) in [5, 5.41) is 5.25. The number of nitrogens with zero attached hydrogens (tertiary/aromatic N) is 4. The lowest BCUT2D eigenvalue weighted by molar-refractivity contribution is -0.128. The van der Waals surface area contributed by atoms with Gasteiger partial charge in [0.15, 0.2) is 5.13 Å². The van der Waals surface area contributed by atoms with Gasteiger partial charge >= 0.3 is 0 Å². The molecule has 0 aromatic carbocycles. The monoisotopic (exact) mass is 373 g/mol. The number of anilines is 1. The standard InChI is InChI=1S/C18H23N5O2S/c1-22(2)8-5-9-23-11-13(10-16(23)24)17(25)21-18-20-15(12-26-18)14-6-3-4-7-19-14/h3-4,6-7,12-13H,5,8-11H2,1-2H3,(H,20,21,25). The SMILES string of the molecule is CN(C)CCCN1CC(C(=O)Nc2nc(-c3ccccn3)cs2)CC1=O. The Morgan fingerprint density at radius 1 is 1.38 bits per heavy atom. The smallest absolute Gasteiger partial charge is 0.231 e. The highest BCUT2D eigenvalue weighted by Crippen LogP contribution is 2.25. The first-order valence-corrected chi connectivity index (χ1v) is 9.51. The Bertz CT molecular complexity index is 762. The molecule has 2 aromatic rings. The lowest BCUT2D eigenvalue weighted by atomic mass is 10.1. The van der Waals surface area contributed by atoms with Crippen molar-refractivity contribution in [2.75, 3.05) is 39.0 Å².